The van der Waals surface area contributed by atoms with Gasteiger partial charge < -0.3 is 9.84 Å². The van der Waals surface area contributed by atoms with Crippen molar-refractivity contribution in [3.63, 3.8) is 0 Å². The summed E-state index contributed by atoms with van der Waals surface area (Å²) >= 11 is 3.35. The number of halogens is 2. The quantitative estimate of drug-likeness (QED) is 0.914. The SMILES string of the molecule is COc1c(F)ccc(Br)c1C1(C(=O)O)CCCCC1. The van der Waals surface area contributed by atoms with Gasteiger partial charge in [0.2, 0.25) is 0 Å². The highest BCUT2D eigenvalue weighted by Crippen LogP contribution is 2.47. The van der Waals surface area contributed by atoms with Crippen LogP contribution in [-0.4, -0.2) is 18.2 Å². The van der Waals surface area contributed by atoms with Crippen molar-refractivity contribution in [1.29, 1.82) is 0 Å². The fourth-order valence-corrected chi connectivity index (χ4v) is 3.60. The molecule has 0 bridgehead atoms. The summed E-state index contributed by atoms with van der Waals surface area (Å²) < 4.78 is 19.6. The number of carbonyl (C=O) groups is 1. The van der Waals surface area contributed by atoms with Gasteiger partial charge in [-0.15, -0.1) is 0 Å². The zero-order valence-electron chi connectivity index (χ0n) is 10.7. The van der Waals surface area contributed by atoms with E-state index in [0.29, 0.717) is 22.9 Å². The fraction of sp³-hybridized carbons (Fsp3) is 0.500. The molecule has 1 aliphatic carbocycles. The molecule has 0 aromatic heterocycles. The first-order valence-electron chi connectivity index (χ1n) is 6.29. The van der Waals surface area contributed by atoms with Gasteiger partial charge in [0.25, 0.3) is 0 Å². The predicted molar refractivity (Wildman–Crippen MR) is 73.1 cm³/mol. The van der Waals surface area contributed by atoms with Crippen molar-refractivity contribution in [2.24, 2.45) is 0 Å². The molecule has 19 heavy (non-hydrogen) atoms. The Bertz CT molecular complexity index is 496. The van der Waals surface area contributed by atoms with E-state index in [4.69, 9.17) is 4.74 Å². The Morgan fingerprint density at radius 3 is 2.53 bits per heavy atom. The topological polar surface area (TPSA) is 46.5 Å². The molecular formula is C14H16BrFO3. The maximum atomic E-state index is 13.9. The molecule has 0 spiro atoms. The van der Waals surface area contributed by atoms with Gasteiger partial charge in [0, 0.05) is 10.0 Å². The van der Waals surface area contributed by atoms with Gasteiger partial charge in [0.1, 0.15) is 0 Å². The van der Waals surface area contributed by atoms with E-state index in [1.807, 2.05) is 0 Å². The minimum atomic E-state index is -1.05. The fourth-order valence-electron chi connectivity index (χ4n) is 2.90. The summed E-state index contributed by atoms with van der Waals surface area (Å²) in [5.41, 5.74) is -0.618. The van der Waals surface area contributed by atoms with E-state index < -0.39 is 17.2 Å². The largest absolute Gasteiger partial charge is 0.493 e. The molecule has 1 N–H and O–H groups in total. The van der Waals surface area contributed by atoms with Crippen LogP contribution in [0.4, 0.5) is 4.39 Å². The van der Waals surface area contributed by atoms with Crippen LogP contribution in [0.15, 0.2) is 16.6 Å². The Morgan fingerprint density at radius 2 is 2.00 bits per heavy atom. The smallest absolute Gasteiger partial charge is 0.314 e. The molecule has 0 aliphatic heterocycles. The van der Waals surface area contributed by atoms with Gasteiger partial charge in [-0.2, -0.15) is 0 Å². The summed E-state index contributed by atoms with van der Waals surface area (Å²) in [5, 5.41) is 9.68. The highest BCUT2D eigenvalue weighted by Gasteiger charge is 2.45. The number of methoxy groups -OCH3 is 1. The van der Waals surface area contributed by atoms with E-state index in [2.05, 4.69) is 15.9 Å². The number of hydrogen-bond donors (Lipinski definition) is 1. The van der Waals surface area contributed by atoms with E-state index in [1.54, 1.807) is 6.07 Å². The number of rotatable bonds is 3. The lowest BCUT2D eigenvalue weighted by Crippen LogP contribution is -2.38. The van der Waals surface area contributed by atoms with Crippen LogP contribution in [0.3, 0.4) is 0 Å². The first kappa shape index (κ1) is 14.3. The highest BCUT2D eigenvalue weighted by molar-refractivity contribution is 9.10. The van der Waals surface area contributed by atoms with Crippen molar-refractivity contribution in [2.45, 2.75) is 37.5 Å². The summed E-state index contributed by atoms with van der Waals surface area (Å²) in [7, 11) is 1.37. The normalized spacial score (nSPS) is 18.1. The Kier molecular flexibility index (Phi) is 4.13. The van der Waals surface area contributed by atoms with Crippen LogP contribution in [0.2, 0.25) is 0 Å². The maximum absolute atomic E-state index is 13.9. The molecule has 3 nitrogen and oxygen atoms in total. The first-order valence-corrected chi connectivity index (χ1v) is 7.08. The van der Waals surface area contributed by atoms with Gasteiger partial charge in [-0.05, 0) is 25.0 Å². The minimum Gasteiger partial charge on any atom is -0.493 e. The third kappa shape index (κ3) is 2.36. The Balaban J connectivity index is 2.66. The molecule has 5 heteroatoms. The molecule has 1 aromatic carbocycles. The van der Waals surface area contributed by atoms with Gasteiger partial charge >= 0.3 is 5.97 Å². The van der Waals surface area contributed by atoms with E-state index in [-0.39, 0.29) is 5.75 Å². The van der Waals surface area contributed by atoms with Crippen LogP contribution in [0.25, 0.3) is 0 Å². The lowest BCUT2D eigenvalue weighted by Gasteiger charge is -2.35. The number of carboxylic acid groups (broad SMARTS) is 1. The summed E-state index contributed by atoms with van der Waals surface area (Å²) in [5.74, 6) is -1.39. The first-order chi connectivity index (χ1) is 9.03. The molecule has 104 valence electrons. The second-order valence-corrected chi connectivity index (χ2v) is 5.74. The van der Waals surface area contributed by atoms with E-state index in [0.717, 1.165) is 19.3 Å². The minimum absolute atomic E-state index is 0.0404. The second kappa shape index (κ2) is 5.49. The summed E-state index contributed by atoms with van der Waals surface area (Å²) in [6, 6.07) is 2.83. The number of ether oxygens (including phenoxy) is 1. The second-order valence-electron chi connectivity index (χ2n) is 4.89. The maximum Gasteiger partial charge on any atom is 0.314 e. The molecule has 1 aliphatic rings. The number of hydrogen-bond acceptors (Lipinski definition) is 2. The van der Waals surface area contributed by atoms with Crippen LogP contribution < -0.4 is 4.74 Å². The van der Waals surface area contributed by atoms with Crippen molar-refractivity contribution in [2.75, 3.05) is 7.11 Å². The van der Waals surface area contributed by atoms with Crippen LogP contribution in [0, 0.1) is 5.82 Å². The van der Waals surface area contributed by atoms with Crippen molar-refractivity contribution in [3.05, 3.63) is 28.0 Å². The van der Waals surface area contributed by atoms with Gasteiger partial charge in [0.05, 0.1) is 12.5 Å². The molecule has 0 amide bonds. The van der Waals surface area contributed by atoms with Crippen molar-refractivity contribution < 1.29 is 19.0 Å². The molecule has 0 saturated heterocycles. The monoisotopic (exact) mass is 330 g/mol. The zero-order chi connectivity index (χ0) is 14.0. The standard InChI is InChI=1S/C14H16BrFO3/c1-19-12-10(16)6-5-9(15)11(12)14(13(17)18)7-3-2-4-8-14/h5-6H,2-4,7-8H2,1H3,(H,17,18). The van der Waals surface area contributed by atoms with Gasteiger partial charge in [-0.1, -0.05) is 35.2 Å². The number of aliphatic carboxylic acids is 1. The molecule has 1 aromatic rings. The van der Waals surface area contributed by atoms with Crippen molar-refractivity contribution in [1.82, 2.24) is 0 Å². The zero-order valence-corrected chi connectivity index (χ0v) is 12.3. The van der Waals surface area contributed by atoms with Crippen molar-refractivity contribution in [3.8, 4) is 5.75 Å². The van der Waals surface area contributed by atoms with Crippen LogP contribution in [0.1, 0.15) is 37.7 Å². The average Bonchev–Trinajstić information content (AvgIpc) is 2.41. The lowest BCUT2D eigenvalue weighted by atomic mass is 9.69. The van der Waals surface area contributed by atoms with Crippen LogP contribution in [0.5, 0.6) is 5.75 Å². The molecule has 0 unspecified atom stereocenters. The van der Waals surface area contributed by atoms with E-state index in [1.165, 1.54) is 13.2 Å². The molecule has 1 saturated carbocycles. The lowest BCUT2D eigenvalue weighted by molar-refractivity contribution is -0.145. The molecule has 0 radical (unpaired) electrons. The predicted octanol–water partition coefficient (Wildman–Crippen LogP) is 3.88. The summed E-state index contributed by atoms with van der Waals surface area (Å²) in [6.07, 6.45) is 3.71. The Morgan fingerprint density at radius 1 is 1.37 bits per heavy atom. The molecule has 1 fully saturated rings. The average molecular weight is 331 g/mol. The van der Waals surface area contributed by atoms with E-state index >= 15 is 0 Å². The van der Waals surface area contributed by atoms with Gasteiger partial charge in [-0.3, -0.25) is 4.79 Å². The number of benzene rings is 1. The Labute approximate surface area is 119 Å². The van der Waals surface area contributed by atoms with Gasteiger partial charge in [-0.25, -0.2) is 4.39 Å². The third-order valence-electron chi connectivity index (χ3n) is 3.86. The Hall–Kier alpha value is -1.10. The van der Waals surface area contributed by atoms with Crippen molar-refractivity contribution >= 4 is 21.9 Å². The van der Waals surface area contributed by atoms with E-state index in [9.17, 15) is 14.3 Å². The molecule has 2 rings (SSSR count). The van der Waals surface area contributed by atoms with Crippen LogP contribution in [-0.2, 0) is 10.2 Å². The molecule has 0 atom stereocenters. The molecule has 0 heterocycles. The molecular weight excluding hydrogens is 315 g/mol. The summed E-state index contributed by atoms with van der Waals surface area (Å²) in [6.45, 7) is 0. The number of carboxylic acids is 1. The van der Waals surface area contributed by atoms with Crippen LogP contribution >= 0.6 is 15.9 Å². The third-order valence-corrected chi connectivity index (χ3v) is 4.52. The van der Waals surface area contributed by atoms with Gasteiger partial charge in [0.15, 0.2) is 11.6 Å². The summed E-state index contributed by atoms with van der Waals surface area (Å²) in [4.78, 5) is 11.8. The highest BCUT2D eigenvalue weighted by atomic mass is 79.9.